The van der Waals surface area contributed by atoms with Crippen LogP contribution in [0.15, 0.2) is 42.5 Å². The molecular formula is C17H16Cl2N2O. The van der Waals surface area contributed by atoms with E-state index in [2.05, 4.69) is 22.3 Å². The second-order valence-corrected chi connectivity index (χ2v) is 6.21. The van der Waals surface area contributed by atoms with Crippen LogP contribution in [0.1, 0.15) is 12.5 Å². The van der Waals surface area contributed by atoms with Crippen LogP contribution >= 0.6 is 23.2 Å². The molecule has 3 rings (SSSR count). The fourth-order valence-corrected chi connectivity index (χ4v) is 3.07. The lowest BCUT2D eigenvalue weighted by atomic mass is 10.1. The Kier molecular flexibility index (Phi) is 4.27. The Bertz CT molecular complexity index is 718. The number of hydrogen-bond acceptors (Lipinski definition) is 2. The lowest BCUT2D eigenvalue weighted by molar-refractivity contribution is -0.117. The van der Waals surface area contributed by atoms with Crippen molar-refractivity contribution in [1.29, 1.82) is 0 Å². The fourth-order valence-electron chi connectivity index (χ4n) is 2.74. The molecule has 0 fully saturated rings. The highest BCUT2D eigenvalue weighted by molar-refractivity contribution is 6.35. The molecule has 0 radical (unpaired) electrons. The summed E-state index contributed by atoms with van der Waals surface area (Å²) in [4.78, 5) is 14.6. The minimum absolute atomic E-state index is 0.0964. The standard InChI is InChI=1S/C17H16Cl2N2O/c1-11(21-9-8-12-4-2-3-5-16(12)21)17(22)20-15-10-13(18)6-7-14(15)19/h2-7,10-11H,8-9H2,1H3,(H,20,22)/t11-/m1/s1. The normalized spacial score (nSPS) is 14.6. The van der Waals surface area contributed by atoms with Crippen molar-refractivity contribution in [2.24, 2.45) is 0 Å². The zero-order valence-corrected chi connectivity index (χ0v) is 13.7. The molecule has 0 unspecified atom stereocenters. The molecule has 0 aliphatic carbocycles. The molecule has 1 aliphatic heterocycles. The number of halogens is 2. The highest BCUT2D eigenvalue weighted by atomic mass is 35.5. The highest BCUT2D eigenvalue weighted by Crippen LogP contribution is 2.30. The van der Waals surface area contributed by atoms with Gasteiger partial charge in [-0.25, -0.2) is 0 Å². The Morgan fingerprint density at radius 2 is 2.00 bits per heavy atom. The van der Waals surface area contributed by atoms with Crippen LogP contribution in [0.25, 0.3) is 0 Å². The molecule has 0 spiro atoms. The first-order chi connectivity index (χ1) is 10.6. The van der Waals surface area contributed by atoms with Crippen LogP contribution in [0.2, 0.25) is 10.0 Å². The van der Waals surface area contributed by atoms with Gasteiger partial charge in [0.05, 0.1) is 10.7 Å². The molecule has 0 aromatic heterocycles. The number of carbonyl (C=O) groups is 1. The van der Waals surface area contributed by atoms with Crippen molar-refractivity contribution < 1.29 is 4.79 Å². The second kappa shape index (κ2) is 6.19. The predicted molar refractivity (Wildman–Crippen MR) is 92.0 cm³/mol. The summed E-state index contributed by atoms with van der Waals surface area (Å²) >= 11 is 12.1. The number of rotatable bonds is 3. The quantitative estimate of drug-likeness (QED) is 0.903. The number of amides is 1. The first-order valence-corrected chi connectivity index (χ1v) is 7.92. The van der Waals surface area contributed by atoms with Gasteiger partial charge in [0.25, 0.3) is 0 Å². The third-order valence-electron chi connectivity index (χ3n) is 3.96. The summed E-state index contributed by atoms with van der Waals surface area (Å²) in [6.07, 6.45) is 0.964. The number of hydrogen-bond donors (Lipinski definition) is 1. The van der Waals surface area contributed by atoms with Gasteiger partial charge in [0.15, 0.2) is 0 Å². The Morgan fingerprint density at radius 3 is 2.82 bits per heavy atom. The molecule has 22 heavy (non-hydrogen) atoms. The van der Waals surface area contributed by atoms with E-state index in [1.165, 1.54) is 5.56 Å². The van der Waals surface area contributed by atoms with Crippen molar-refractivity contribution in [3.63, 3.8) is 0 Å². The van der Waals surface area contributed by atoms with Gasteiger partial charge in [-0.15, -0.1) is 0 Å². The van der Waals surface area contributed by atoms with Crippen LogP contribution in [0.4, 0.5) is 11.4 Å². The van der Waals surface area contributed by atoms with Gasteiger partial charge in [-0.2, -0.15) is 0 Å². The number of benzene rings is 2. The second-order valence-electron chi connectivity index (χ2n) is 5.36. The van der Waals surface area contributed by atoms with Gasteiger partial charge >= 0.3 is 0 Å². The molecule has 114 valence electrons. The summed E-state index contributed by atoms with van der Waals surface area (Å²) in [5.41, 5.74) is 2.95. The third-order valence-corrected chi connectivity index (χ3v) is 4.52. The minimum atomic E-state index is -0.279. The summed E-state index contributed by atoms with van der Waals surface area (Å²) in [6.45, 7) is 2.74. The lowest BCUT2D eigenvalue weighted by Crippen LogP contribution is -2.41. The first kappa shape index (κ1) is 15.2. The van der Waals surface area contributed by atoms with Crippen molar-refractivity contribution in [3.05, 3.63) is 58.1 Å². The van der Waals surface area contributed by atoms with Gasteiger partial charge in [0, 0.05) is 17.3 Å². The molecule has 2 aromatic rings. The highest BCUT2D eigenvalue weighted by Gasteiger charge is 2.27. The van der Waals surface area contributed by atoms with Gasteiger partial charge in [0.1, 0.15) is 6.04 Å². The van der Waals surface area contributed by atoms with Gasteiger partial charge in [-0.05, 0) is 43.2 Å². The average molecular weight is 335 g/mol. The predicted octanol–water partition coefficient (Wildman–Crippen LogP) is 4.38. The fraction of sp³-hybridized carbons (Fsp3) is 0.235. The van der Waals surface area contributed by atoms with Crippen LogP contribution in [0.3, 0.4) is 0 Å². The van der Waals surface area contributed by atoms with Crippen LogP contribution in [-0.2, 0) is 11.2 Å². The largest absolute Gasteiger partial charge is 0.359 e. The monoisotopic (exact) mass is 334 g/mol. The maximum absolute atomic E-state index is 12.5. The lowest BCUT2D eigenvalue weighted by Gasteiger charge is -2.26. The van der Waals surface area contributed by atoms with Gasteiger partial charge < -0.3 is 10.2 Å². The number of nitrogens with zero attached hydrogens (tertiary/aromatic N) is 1. The summed E-state index contributed by atoms with van der Waals surface area (Å²) in [6, 6.07) is 12.9. The van der Waals surface area contributed by atoms with E-state index in [0.29, 0.717) is 15.7 Å². The number of nitrogens with one attached hydrogen (secondary N) is 1. The van der Waals surface area contributed by atoms with Crippen LogP contribution < -0.4 is 10.2 Å². The maximum atomic E-state index is 12.5. The zero-order chi connectivity index (χ0) is 15.7. The topological polar surface area (TPSA) is 32.3 Å². The van der Waals surface area contributed by atoms with E-state index in [0.717, 1.165) is 18.7 Å². The van der Waals surface area contributed by atoms with Crippen molar-refractivity contribution in [1.82, 2.24) is 0 Å². The molecule has 0 saturated carbocycles. The Morgan fingerprint density at radius 1 is 1.23 bits per heavy atom. The number of para-hydroxylation sites is 1. The summed E-state index contributed by atoms with van der Waals surface area (Å²) < 4.78 is 0. The van der Waals surface area contributed by atoms with E-state index < -0.39 is 0 Å². The van der Waals surface area contributed by atoms with Gasteiger partial charge in [-0.3, -0.25) is 4.79 Å². The Labute approximate surface area is 139 Å². The Balaban J connectivity index is 1.77. The summed E-state index contributed by atoms with van der Waals surface area (Å²) in [7, 11) is 0. The molecule has 1 N–H and O–H groups in total. The third kappa shape index (κ3) is 2.92. The average Bonchev–Trinajstić information content (AvgIpc) is 2.94. The van der Waals surface area contributed by atoms with Crippen molar-refractivity contribution in [2.45, 2.75) is 19.4 Å². The molecule has 0 bridgehead atoms. The van der Waals surface area contributed by atoms with Crippen molar-refractivity contribution >= 4 is 40.5 Å². The summed E-state index contributed by atoms with van der Waals surface area (Å²) in [5.74, 6) is -0.0964. The van der Waals surface area contributed by atoms with E-state index in [-0.39, 0.29) is 11.9 Å². The molecular weight excluding hydrogens is 319 g/mol. The van der Waals surface area contributed by atoms with Crippen molar-refractivity contribution in [3.8, 4) is 0 Å². The molecule has 1 amide bonds. The smallest absolute Gasteiger partial charge is 0.246 e. The van der Waals surface area contributed by atoms with Crippen molar-refractivity contribution in [2.75, 3.05) is 16.8 Å². The number of fused-ring (bicyclic) bond motifs is 1. The molecule has 1 atom stereocenters. The number of anilines is 2. The van der Waals surface area contributed by atoms with E-state index in [4.69, 9.17) is 23.2 Å². The number of carbonyl (C=O) groups excluding carboxylic acids is 1. The van der Waals surface area contributed by atoms with E-state index in [1.54, 1.807) is 18.2 Å². The Hall–Kier alpha value is -1.71. The van der Waals surface area contributed by atoms with Gasteiger partial charge in [0.2, 0.25) is 5.91 Å². The van der Waals surface area contributed by atoms with Gasteiger partial charge in [-0.1, -0.05) is 41.4 Å². The molecule has 0 saturated heterocycles. The summed E-state index contributed by atoms with van der Waals surface area (Å²) in [5, 5.41) is 3.88. The van der Waals surface area contributed by atoms with Crippen LogP contribution in [-0.4, -0.2) is 18.5 Å². The van der Waals surface area contributed by atoms with Crippen LogP contribution in [0, 0.1) is 0 Å². The minimum Gasteiger partial charge on any atom is -0.359 e. The molecule has 2 aromatic carbocycles. The first-order valence-electron chi connectivity index (χ1n) is 7.17. The molecule has 1 heterocycles. The molecule has 5 heteroatoms. The molecule has 1 aliphatic rings. The SMILES string of the molecule is C[C@H](C(=O)Nc1cc(Cl)ccc1Cl)N1CCc2ccccc21. The maximum Gasteiger partial charge on any atom is 0.246 e. The molecule has 3 nitrogen and oxygen atoms in total. The van der Waals surface area contributed by atoms with E-state index in [9.17, 15) is 4.79 Å². The van der Waals surface area contributed by atoms with E-state index >= 15 is 0 Å². The zero-order valence-electron chi connectivity index (χ0n) is 12.1. The van der Waals surface area contributed by atoms with Crippen LogP contribution in [0.5, 0.6) is 0 Å². The van der Waals surface area contributed by atoms with E-state index in [1.807, 2.05) is 19.1 Å².